The molecule has 138 valence electrons. The van der Waals surface area contributed by atoms with Crippen LogP contribution in [0.15, 0.2) is 66.7 Å². The van der Waals surface area contributed by atoms with E-state index >= 15 is 0 Å². The number of halogens is 3. The number of amides is 1. The minimum Gasteiger partial charge on any atom is -0.450 e. The summed E-state index contributed by atoms with van der Waals surface area (Å²) in [6.45, 7) is 1.83. The highest BCUT2D eigenvalue weighted by molar-refractivity contribution is 6.31. The number of hydrogen-bond donors (Lipinski definition) is 1. The Hall–Kier alpha value is -2.92. The van der Waals surface area contributed by atoms with Crippen LogP contribution in [0.3, 0.4) is 0 Å². The van der Waals surface area contributed by atoms with Crippen LogP contribution in [0.2, 0.25) is 5.02 Å². The van der Waals surface area contributed by atoms with E-state index < -0.39 is 23.3 Å². The lowest BCUT2D eigenvalue weighted by Crippen LogP contribution is -2.27. The van der Waals surface area contributed by atoms with Crippen LogP contribution in [0, 0.1) is 11.6 Å². The molecule has 6 heteroatoms. The van der Waals surface area contributed by atoms with Gasteiger partial charge >= 0.3 is 0 Å². The fourth-order valence-electron chi connectivity index (χ4n) is 2.56. The summed E-state index contributed by atoms with van der Waals surface area (Å²) in [5, 5.41) is 3.13. The summed E-state index contributed by atoms with van der Waals surface area (Å²) >= 11 is 6.00. The van der Waals surface area contributed by atoms with Gasteiger partial charge < -0.3 is 10.1 Å². The average molecular weight is 388 g/mol. The number of hydrogen-bond acceptors (Lipinski definition) is 2. The number of rotatable bonds is 5. The summed E-state index contributed by atoms with van der Waals surface area (Å²) in [5.74, 6) is -2.78. The van der Waals surface area contributed by atoms with E-state index in [1.54, 1.807) is 0 Å². The van der Waals surface area contributed by atoms with Gasteiger partial charge in [0.2, 0.25) is 0 Å². The summed E-state index contributed by atoms with van der Waals surface area (Å²) in [6, 6.07) is 16.8. The lowest BCUT2D eigenvalue weighted by molar-refractivity contribution is 0.0937. The van der Waals surface area contributed by atoms with Gasteiger partial charge in [0.25, 0.3) is 5.91 Å². The second-order valence-electron chi connectivity index (χ2n) is 5.90. The van der Waals surface area contributed by atoms with Gasteiger partial charge in [0.05, 0.1) is 11.6 Å². The first-order valence-electron chi connectivity index (χ1n) is 8.23. The normalized spacial score (nSPS) is 11.7. The third kappa shape index (κ3) is 4.44. The van der Waals surface area contributed by atoms with Gasteiger partial charge in [0.15, 0.2) is 17.4 Å². The number of ether oxygens (including phenoxy) is 1. The highest BCUT2D eigenvalue weighted by Crippen LogP contribution is 2.31. The quantitative estimate of drug-likeness (QED) is 0.591. The largest absolute Gasteiger partial charge is 0.450 e. The third-order valence-electron chi connectivity index (χ3n) is 3.96. The van der Waals surface area contributed by atoms with Crippen molar-refractivity contribution in [2.45, 2.75) is 13.0 Å². The zero-order valence-corrected chi connectivity index (χ0v) is 15.1. The minimum absolute atomic E-state index is 0.00108. The molecular formula is C21H16ClF2NO2. The van der Waals surface area contributed by atoms with Crippen LogP contribution in [0.25, 0.3) is 0 Å². The second kappa shape index (κ2) is 8.18. The minimum atomic E-state index is -0.867. The number of nitrogens with one attached hydrogen (secondary N) is 1. The Morgan fingerprint density at radius 1 is 1.00 bits per heavy atom. The van der Waals surface area contributed by atoms with Crippen molar-refractivity contribution in [3.63, 3.8) is 0 Å². The van der Waals surface area contributed by atoms with Gasteiger partial charge in [0, 0.05) is 5.02 Å². The molecule has 0 radical (unpaired) electrons. The molecule has 0 aromatic heterocycles. The van der Waals surface area contributed by atoms with Crippen LogP contribution in [-0.4, -0.2) is 5.91 Å². The molecule has 0 heterocycles. The first kappa shape index (κ1) is 18.9. The van der Waals surface area contributed by atoms with E-state index in [0.29, 0.717) is 5.02 Å². The molecule has 0 bridgehead atoms. The van der Waals surface area contributed by atoms with Gasteiger partial charge in [0.1, 0.15) is 5.75 Å². The molecule has 0 aliphatic rings. The first-order valence-corrected chi connectivity index (χ1v) is 8.60. The maximum Gasteiger partial charge on any atom is 0.255 e. The number of para-hydroxylation sites is 1. The van der Waals surface area contributed by atoms with Crippen LogP contribution in [0.1, 0.15) is 28.9 Å². The molecule has 1 N–H and O–H groups in total. The number of carbonyl (C=O) groups is 1. The van der Waals surface area contributed by atoms with Crippen molar-refractivity contribution in [2.75, 3.05) is 0 Å². The summed E-state index contributed by atoms with van der Waals surface area (Å²) in [5.41, 5.74) is 0.989. The lowest BCUT2D eigenvalue weighted by Gasteiger charge is -2.17. The molecular weight excluding hydrogens is 372 g/mol. The Morgan fingerprint density at radius 2 is 1.67 bits per heavy atom. The van der Waals surface area contributed by atoms with Gasteiger partial charge in [-0.1, -0.05) is 48.0 Å². The van der Waals surface area contributed by atoms with E-state index in [0.717, 1.165) is 17.7 Å². The fourth-order valence-corrected chi connectivity index (χ4v) is 2.73. The van der Waals surface area contributed by atoms with Crippen molar-refractivity contribution in [1.29, 1.82) is 0 Å². The Balaban J connectivity index is 1.89. The van der Waals surface area contributed by atoms with Gasteiger partial charge in [-0.05, 0) is 42.8 Å². The van der Waals surface area contributed by atoms with Crippen LogP contribution < -0.4 is 10.1 Å². The monoisotopic (exact) mass is 387 g/mol. The standard InChI is InChI=1S/C21H16ClF2NO2/c1-13(14-6-3-2-4-7-14)25-21(26)16-12-15(22)10-11-19(16)27-20-17(23)8-5-9-18(20)24/h2-13H,1H3,(H,25,26)/t13-/m0/s1. The van der Waals surface area contributed by atoms with Crippen molar-refractivity contribution >= 4 is 17.5 Å². The van der Waals surface area contributed by atoms with Gasteiger partial charge in [-0.25, -0.2) is 8.78 Å². The van der Waals surface area contributed by atoms with Crippen molar-refractivity contribution in [3.05, 3.63) is 94.5 Å². The van der Waals surface area contributed by atoms with Gasteiger partial charge in [-0.15, -0.1) is 0 Å². The molecule has 3 nitrogen and oxygen atoms in total. The Kier molecular flexibility index (Phi) is 5.72. The van der Waals surface area contributed by atoms with Crippen LogP contribution in [-0.2, 0) is 0 Å². The smallest absolute Gasteiger partial charge is 0.255 e. The molecule has 1 atom stereocenters. The molecule has 0 saturated heterocycles. The van der Waals surface area contributed by atoms with Gasteiger partial charge in [-0.3, -0.25) is 4.79 Å². The van der Waals surface area contributed by atoms with Crippen molar-refractivity contribution in [1.82, 2.24) is 5.32 Å². The van der Waals surface area contributed by atoms with E-state index in [9.17, 15) is 13.6 Å². The Bertz CT molecular complexity index is 943. The zero-order chi connectivity index (χ0) is 19.4. The maximum atomic E-state index is 13.9. The maximum absolute atomic E-state index is 13.9. The van der Waals surface area contributed by atoms with Crippen LogP contribution >= 0.6 is 11.6 Å². The Labute approximate surface area is 160 Å². The van der Waals surface area contributed by atoms with E-state index in [1.165, 1.54) is 24.3 Å². The topological polar surface area (TPSA) is 38.3 Å². The summed E-state index contributed by atoms with van der Waals surface area (Å²) in [4.78, 5) is 12.7. The molecule has 0 fully saturated rings. The van der Waals surface area contributed by atoms with E-state index in [-0.39, 0.29) is 17.4 Å². The molecule has 0 aliphatic heterocycles. The van der Waals surface area contributed by atoms with Crippen LogP contribution in [0.4, 0.5) is 8.78 Å². The van der Waals surface area contributed by atoms with E-state index in [2.05, 4.69) is 5.32 Å². The molecule has 3 rings (SSSR count). The lowest BCUT2D eigenvalue weighted by atomic mass is 10.1. The highest BCUT2D eigenvalue weighted by atomic mass is 35.5. The number of benzene rings is 3. The highest BCUT2D eigenvalue weighted by Gasteiger charge is 2.19. The zero-order valence-electron chi connectivity index (χ0n) is 14.4. The number of carbonyl (C=O) groups excluding carboxylic acids is 1. The van der Waals surface area contributed by atoms with Crippen LogP contribution in [0.5, 0.6) is 11.5 Å². The van der Waals surface area contributed by atoms with E-state index in [1.807, 2.05) is 37.3 Å². The third-order valence-corrected chi connectivity index (χ3v) is 4.20. The molecule has 0 spiro atoms. The van der Waals surface area contributed by atoms with Crippen molar-refractivity contribution in [3.8, 4) is 11.5 Å². The van der Waals surface area contributed by atoms with Crippen molar-refractivity contribution < 1.29 is 18.3 Å². The second-order valence-corrected chi connectivity index (χ2v) is 6.34. The fraction of sp³-hybridized carbons (Fsp3) is 0.0952. The van der Waals surface area contributed by atoms with Crippen molar-refractivity contribution in [2.24, 2.45) is 0 Å². The predicted octanol–water partition coefficient (Wildman–Crippen LogP) is 5.90. The molecule has 0 unspecified atom stereocenters. The molecule has 3 aromatic carbocycles. The summed E-state index contributed by atoms with van der Waals surface area (Å²) < 4.78 is 33.1. The molecule has 1 amide bonds. The SMILES string of the molecule is C[C@H](NC(=O)c1cc(Cl)ccc1Oc1c(F)cccc1F)c1ccccc1. The predicted molar refractivity (Wildman–Crippen MR) is 100 cm³/mol. The van der Waals surface area contributed by atoms with Gasteiger partial charge in [-0.2, -0.15) is 0 Å². The molecule has 0 saturated carbocycles. The summed E-state index contributed by atoms with van der Waals surface area (Å²) in [6.07, 6.45) is 0. The summed E-state index contributed by atoms with van der Waals surface area (Å²) in [7, 11) is 0. The Morgan fingerprint density at radius 3 is 2.33 bits per heavy atom. The van der Waals surface area contributed by atoms with E-state index in [4.69, 9.17) is 16.3 Å². The molecule has 27 heavy (non-hydrogen) atoms. The average Bonchev–Trinajstić information content (AvgIpc) is 2.66. The molecule has 0 aliphatic carbocycles. The first-order chi connectivity index (χ1) is 13.0. The molecule has 3 aromatic rings.